The van der Waals surface area contributed by atoms with Crippen LogP contribution in [0.15, 0.2) is 6.20 Å². The summed E-state index contributed by atoms with van der Waals surface area (Å²) in [6.45, 7) is 3.89. The molecule has 1 aromatic rings. The Labute approximate surface area is 95.5 Å². The molecule has 0 aromatic carbocycles. The van der Waals surface area contributed by atoms with Crippen LogP contribution in [-0.2, 0) is 18.3 Å². The number of aryl methyl sites for hydroxylation is 3. The fourth-order valence-corrected chi connectivity index (χ4v) is 1.49. The van der Waals surface area contributed by atoms with E-state index in [0.29, 0.717) is 19.4 Å². The number of hydrogen-bond donors (Lipinski definition) is 2. The molecule has 1 amide bonds. The molecule has 1 atom stereocenters. The Balaban J connectivity index is 2.34. The zero-order valence-corrected chi connectivity index (χ0v) is 10.0. The van der Waals surface area contributed by atoms with Gasteiger partial charge in [-0.3, -0.25) is 9.48 Å². The summed E-state index contributed by atoms with van der Waals surface area (Å²) in [4.78, 5) is 11.4. The van der Waals surface area contributed by atoms with Crippen molar-refractivity contribution in [3.05, 3.63) is 17.5 Å². The van der Waals surface area contributed by atoms with Crippen molar-refractivity contribution in [2.24, 2.45) is 7.05 Å². The summed E-state index contributed by atoms with van der Waals surface area (Å²) in [5.41, 5.74) is 2.06. The summed E-state index contributed by atoms with van der Waals surface area (Å²) in [6.07, 6.45) is 2.55. The average Bonchev–Trinajstić information content (AvgIpc) is 2.51. The van der Waals surface area contributed by atoms with Gasteiger partial charge in [-0.05, 0) is 25.8 Å². The van der Waals surface area contributed by atoms with Crippen molar-refractivity contribution in [2.45, 2.75) is 32.8 Å². The number of rotatable bonds is 5. The molecule has 5 heteroatoms. The van der Waals surface area contributed by atoms with Crippen LogP contribution in [0.5, 0.6) is 0 Å². The SMILES string of the molecule is Cc1nn(C)cc1CCC(=O)NCC(C)O. The van der Waals surface area contributed by atoms with Crippen molar-refractivity contribution in [3.8, 4) is 0 Å². The lowest BCUT2D eigenvalue weighted by molar-refractivity contribution is -0.121. The maximum Gasteiger partial charge on any atom is 0.220 e. The Morgan fingerprint density at radius 2 is 2.38 bits per heavy atom. The lowest BCUT2D eigenvalue weighted by atomic mass is 10.1. The van der Waals surface area contributed by atoms with Crippen LogP contribution >= 0.6 is 0 Å². The summed E-state index contributed by atoms with van der Waals surface area (Å²) in [5.74, 6) is -0.0378. The first kappa shape index (κ1) is 12.7. The van der Waals surface area contributed by atoms with Gasteiger partial charge in [0.2, 0.25) is 5.91 Å². The molecule has 0 saturated heterocycles. The number of nitrogens with zero attached hydrogens (tertiary/aromatic N) is 2. The van der Waals surface area contributed by atoms with Gasteiger partial charge in [0.15, 0.2) is 0 Å². The monoisotopic (exact) mass is 225 g/mol. The molecule has 0 aliphatic heterocycles. The molecule has 1 heterocycles. The van der Waals surface area contributed by atoms with Crippen LogP contribution in [-0.4, -0.2) is 33.4 Å². The molecule has 1 unspecified atom stereocenters. The number of carbonyl (C=O) groups excluding carboxylic acids is 1. The predicted octanol–water partition coefficient (Wildman–Crippen LogP) is 0.158. The quantitative estimate of drug-likeness (QED) is 0.750. The Hall–Kier alpha value is -1.36. The highest BCUT2D eigenvalue weighted by atomic mass is 16.3. The number of aromatic nitrogens is 2. The molecule has 0 radical (unpaired) electrons. The second kappa shape index (κ2) is 5.65. The van der Waals surface area contributed by atoms with Gasteiger partial charge in [-0.2, -0.15) is 5.10 Å². The number of aliphatic hydroxyl groups is 1. The van der Waals surface area contributed by atoms with E-state index < -0.39 is 6.10 Å². The largest absolute Gasteiger partial charge is 0.392 e. The van der Waals surface area contributed by atoms with E-state index in [1.807, 2.05) is 20.2 Å². The number of nitrogens with one attached hydrogen (secondary N) is 1. The highest BCUT2D eigenvalue weighted by Gasteiger charge is 2.07. The van der Waals surface area contributed by atoms with Gasteiger partial charge >= 0.3 is 0 Å². The normalized spacial score (nSPS) is 12.5. The summed E-state index contributed by atoms with van der Waals surface area (Å²) in [6, 6.07) is 0. The minimum Gasteiger partial charge on any atom is -0.392 e. The van der Waals surface area contributed by atoms with Crippen molar-refractivity contribution < 1.29 is 9.90 Å². The van der Waals surface area contributed by atoms with E-state index in [9.17, 15) is 4.79 Å². The van der Waals surface area contributed by atoms with Gasteiger partial charge in [0.25, 0.3) is 0 Å². The van der Waals surface area contributed by atoms with Crippen LogP contribution in [0, 0.1) is 6.92 Å². The van der Waals surface area contributed by atoms with Crippen molar-refractivity contribution >= 4 is 5.91 Å². The van der Waals surface area contributed by atoms with Crippen LogP contribution in [0.3, 0.4) is 0 Å². The lowest BCUT2D eigenvalue weighted by Gasteiger charge is -2.06. The molecule has 0 aliphatic rings. The van der Waals surface area contributed by atoms with E-state index in [0.717, 1.165) is 11.3 Å². The summed E-state index contributed by atoms with van der Waals surface area (Å²) < 4.78 is 1.75. The zero-order valence-electron chi connectivity index (χ0n) is 10.0. The molecular formula is C11H19N3O2. The minimum atomic E-state index is -0.496. The van der Waals surface area contributed by atoms with Gasteiger partial charge in [0.1, 0.15) is 0 Å². The molecule has 0 aliphatic carbocycles. The fraction of sp³-hybridized carbons (Fsp3) is 0.636. The second-order valence-electron chi connectivity index (χ2n) is 4.07. The third-order valence-corrected chi connectivity index (χ3v) is 2.33. The molecule has 5 nitrogen and oxygen atoms in total. The number of carbonyl (C=O) groups is 1. The van der Waals surface area contributed by atoms with Gasteiger partial charge in [-0.1, -0.05) is 0 Å². The van der Waals surface area contributed by atoms with E-state index in [4.69, 9.17) is 5.11 Å². The minimum absolute atomic E-state index is 0.0378. The van der Waals surface area contributed by atoms with Crippen molar-refractivity contribution in [2.75, 3.05) is 6.54 Å². The average molecular weight is 225 g/mol. The zero-order chi connectivity index (χ0) is 12.1. The maximum atomic E-state index is 11.4. The standard InChI is InChI=1S/C11H19N3O2/c1-8(15)6-12-11(16)5-4-10-7-14(3)13-9(10)2/h7-8,15H,4-6H2,1-3H3,(H,12,16). The van der Waals surface area contributed by atoms with Crippen LogP contribution in [0.1, 0.15) is 24.6 Å². The van der Waals surface area contributed by atoms with Crippen molar-refractivity contribution in [3.63, 3.8) is 0 Å². The summed E-state index contributed by atoms with van der Waals surface area (Å²) in [7, 11) is 1.87. The van der Waals surface area contributed by atoms with Crippen molar-refractivity contribution in [1.29, 1.82) is 0 Å². The van der Waals surface area contributed by atoms with E-state index >= 15 is 0 Å². The highest BCUT2D eigenvalue weighted by molar-refractivity contribution is 5.76. The summed E-state index contributed by atoms with van der Waals surface area (Å²) >= 11 is 0. The lowest BCUT2D eigenvalue weighted by Crippen LogP contribution is -2.30. The van der Waals surface area contributed by atoms with Crippen LogP contribution in [0.25, 0.3) is 0 Å². The predicted molar refractivity (Wildman–Crippen MR) is 61.0 cm³/mol. The molecule has 16 heavy (non-hydrogen) atoms. The maximum absolute atomic E-state index is 11.4. The van der Waals surface area contributed by atoms with E-state index in [2.05, 4.69) is 10.4 Å². The summed E-state index contributed by atoms with van der Waals surface area (Å²) in [5, 5.41) is 15.9. The molecule has 0 saturated carbocycles. The van der Waals surface area contributed by atoms with Gasteiger partial charge in [0, 0.05) is 26.2 Å². The smallest absolute Gasteiger partial charge is 0.220 e. The van der Waals surface area contributed by atoms with Gasteiger partial charge in [-0.25, -0.2) is 0 Å². The number of aliphatic hydroxyl groups excluding tert-OH is 1. The number of amides is 1. The molecule has 1 aromatic heterocycles. The Morgan fingerprint density at radius 1 is 1.69 bits per heavy atom. The van der Waals surface area contributed by atoms with Crippen LogP contribution < -0.4 is 5.32 Å². The molecule has 2 N–H and O–H groups in total. The van der Waals surface area contributed by atoms with Gasteiger partial charge < -0.3 is 10.4 Å². The van der Waals surface area contributed by atoms with Crippen LogP contribution in [0.2, 0.25) is 0 Å². The van der Waals surface area contributed by atoms with Gasteiger partial charge in [0.05, 0.1) is 11.8 Å². The van der Waals surface area contributed by atoms with E-state index in [1.165, 1.54) is 0 Å². The Bertz CT molecular complexity index is 358. The molecule has 0 fully saturated rings. The molecular weight excluding hydrogens is 206 g/mol. The third kappa shape index (κ3) is 4.02. The molecule has 0 spiro atoms. The first-order valence-corrected chi connectivity index (χ1v) is 5.43. The molecule has 90 valence electrons. The first-order valence-electron chi connectivity index (χ1n) is 5.43. The fourth-order valence-electron chi connectivity index (χ4n) is 1.49. The molecule has 1 rings (SSSR count). The van der Waals surface area contributed by atoms with E-state index in [-0.39, 0.29) is 5.91 Å². The van der Waals surface area contributed by atoms with Crippen LogP contribution in [0.4, 0.5) is 0 Å². The van der Waals surface area contributed by atoms with Gasteiger partial charge in [-0.15, -0.1) is 0 Å². The second-order valence-corrected chi connectivity index (χ2v) is 4.07. The third-order valence-electron chi connectivity index (χ3n) is 2.33. The van der Waals surface area contributed by atoms with E-state index in [1.54, 1.807) is 11.6 Å². The Kier molecular flexibility index (Phi) is 4.49. The first-order chi connectivity index (χ1) is 7.49. The topological polar surface area (TPSA) is 67.2 Å². The Morgan fingerprint density at radius 3 is 2.88 bits per heavy atom. The van der Waals surface area contributed by atoms with Crippen molar-refractivity contribution in [1.82, 2.24) is 15.1 Å². The molecule has 0 bridgehead atoms. The number of hydrogen-bond acceptors (Lipinski definition) is 3. The highest BCUT2D eigenvalue weighted by Crippen LogP contribution is 2.07.